The summed E-state index contributed by atoms with van der Waals surface area (Å²) in [6, 6.07) is -1.87. The van der Waals surface area contributed by atoms with Crippen LogP contribution in [0.4, 0.5) is 4.79 Å². The van der Waals surface area contributed by atoms with Crippen LogP contribution in [0.15, 0.2) is 0 Å². The number of carboxylic acid groups (broad SMARTS) is 2. The molecule has 0 aromatic rings. The van der Waals surface area contributed by atoms with Gasteiger partial charge in [0, 0.05) is 6.04 Å². The molecule has 4 N–H and O–H groups in total. The van der Waals surface area contributed by atoms with Crippen LogP contribution in [-0.2, 0) is 9.59 Å². The fourth-order valence-corrected chi connectivity index (χ4v) is 2.26. The van der Waals surface area contributed by atoms with Crippen LogP contribution in [0, 0.1) is 11.8 Å². The lowest BCUT2D eigenvalue weighted by molar-refractivity contribution is -0.145. The van der Waals surface area contributed by atoms with E-state index < -0.39 is 30.4 Å². The summed E-state index contributed by atoms with van der Waals surface area (Å²) in [4.78, 5) is 33.1. The predicted octanol–water partition coefficient (Wildman–Crippen LogP) is 0.402. The smallest absolute Gasteiger partial charge is 0.326 e. The Morgan fingerprint density at radius 3 is 1.89 bits per heavy atom. The number of hydrogen-bond acceptors (Lipinski definition) is 3. The molecule has 7 heteroatoms. The van der Waals surface area contributed by atoms with Crippen LogP contribution < -0.4 is 10.6 Å². The van der Waals surface area contributed by atoms with Gasteiger partial charge < -0.3 is 20.8 Å². The van der Waals surface area contributed by atoms with E-state index in [-0.39, 0.29) is 6.04 Å². The maximum atomic E-state index is 11.7. The van der Waals surface area contributed by atoms with Crippen LogP contribution in [0.5, 0.6) is 0 Å². The Bertz CT molecular complexity index is 378. The molecule has 2 amide bonds. The fraction of sp³-hybridized carbons (Fsp3) is 0.750. The lowest BCUT2D eigenvalue weighted by Gasteiger charge is -2.20. The first-order chi connectivity index (χ1) is 8.97. The van der Waals surface area contributed by atoms with Crippen molar-refractivity contribution in [1.29, 1.82) is 0 Å². The highest BCUT2D eigenvalue weighted by molar-refractivity contribution is 5.86. The molecule has 0 bridgehead atoms. The molecular formula is C12H18N2O5. The molecule has 0 saturated heterocycles. The van der Waals surface area contributed by atoms with Crippen molar-refractivity contribution in [3.8, 4) is 0 Å². The summed E-state index contributed by atoms with van der Waals surface area (Å²) >= 11 is 0. The van der Waals surface area contributed by atoms with E-state index in [1.54, 1.807) is 0 Å². The third-order valence-corrected chi connectivity index (χ3v) is 3.54. The van der Waals surface area contributed by atoms with Crippen molar-refractivity contribution in [3.05, 3.63) is 0 Å². The van der Waals surface area contributed by atoms with Gasteiger partial charge in [-0.1, -0.05) is 0 Å². The molecule has 0 aromatic carbocycles. The van der Waals surface area contributed by atoms with Gasteiger partial charge in [0.2, 0.25) is 0 Å². The molecular weight excluding hydrogens is 252 g/mol. The van der Waals surface area contributed by atoms with Gasteiger partial charge in [-0.2, -0.15) is 0 Å². The second-order valence-corrected chi connectivity index (χ2v) is 5.31. The minimum absolute atomic E-state index is 0.110. The summed E-state index contributed by atoms with van der Waals surface area (Å²) < 4.78 is 0. The van der Waals surface area contributed by atoms with Gasteiger partial charge in [-0.15, -0.1) is 0 Å². The number of nitrogens with one attached hydrogen (secondary N) is 2. The van der Waals surface area contributed by atoms with Crippen molar-refractivity contribution in [2.45, 2.75) is 44.2 Å². The average molecular weight is 270 g/mol. The minimum atomic E-state index is -1.39. The van der Waals surface area contributed by atoms with Crippen LogP contribution in [0.3, 0.4) is 0 Å². The molecule has 0 aliphatic heterocycles. The van der Waals surface area contributed by atoms with E-state index in [4.69, 9.17) is 10.2 Å². The second-order valence-electron chi connectivity index (χ2n) is 5.31. The molecule has 2 fully saturated rings. The molecule has 2 rings (SSSR count). The second kappa shape index (κ2) is 5.46. The Labute approximate surface area is 110 Å². The topological polar surface area (TPSA) is 116 Å². The number of amides is 2. The van der Waals surface area contributed by atoms with Crippen molar-refractivity contribution in [2.75, 3.05) is 0 Å². The molecule has 0 spiro atoms. The zero-order valence-corrected chi connectivity index (χ0v) is 10.5. The molecule has 2 saturated carbocycles. The zero-order valence-electron chi connectivity index (χ0n) is 10.5. The minimum Gasteiger partial charge on any atom is -0.481 e. The molecule has 7 nitrogen and oxygen atoms in total. The summed E-state index contributed by atoms with van der Waals surface area (Å²) in [6.45, 7) is 0. The third kappa shape index (κ3) is 4.11. The van der Waals surface area contributed by atoms with Crippen molar-refractivity contribution < 1.29 is 24.6 Å². The maximum Gasteiger partial charge on any atom is 0.326 e. The summed E-state index contributed by atoms with van der Waals surface area (Å²) in [6.07, 6.45) is 3.76. The molecule has 0 radical (unpaired) electrons. The van der Waals surface area contributed by atoms with E-state index in [0.29, 0.717) is 11.8 Å². The maximum absolute atomic E-state index is 11.7. The van der Waals surface area contributed by atoms with E-state index in [9.17, 15) is 14.4 Å². The van der Waals surface area contributed by atoms with Gasteiger partial charge in [0.1, 0.15) is 6.04 Å². The molecule has 2 aliphatic carbocycles. The molecule has 0 heterocycles. The highest BCUT2D eigenvalue weighted by Crippen LogP contribution is 2.44. The van der Waals surface area contributed by atoms with Crippen LogP contribution in [0.25, 0.3) is 0 Å². The first kappa shape index (κ1) is 13.6. The van der Waals surface area contributed by atoms with Crippen molar-refractivity contribution >= 4 is 18.0 Å². The lowest BCUT2D eigenvalue weighted by Crippen LogP contribution is -2.50. The molecule has 1 atom stereocenters. The largest absolute Gasteiger partial charge is 0.481 e. The fourth-order valence-electron chi connectivity index (χ4n) is 2.26. The van der Waals surface area contributed by atoms with Crippen LogP contribution in [0.1, 0.15) is 32.1 Å². The van der Waals surface area contributed by atoms with Gasteiger partial charge in [-0.3, -0.25) is 4.79 Å². The summed E-state index contributed by atoms with van der Waals surface area (Å²) in [5.41, 5.74) is 0. The Morgan fingerprint density at radius 2 is 1.53 bits per heavy atom. The normalized spacial score (nSPS) is 19.8. The number of aliphatic carboxylic acids is 2. The number of carbonyl (C=O) groups excluding carboxylic acids is 1. The van der Waals surface area contributed by atoms with Gasteiger partial charge in [-0.05, 0) is 37.5 Å². The van der Waals surface area contributed by atoms with Crippen LogP contribution in [0.2, 0.25) is 0 Å². The quantitative estimate of drug-likeness (QED) is 0.534. The highest BCUT2D eigenvalue weighted by Gasteiger charge is 2.42. The predicted molar refractivity (Wildman–Crippen MR) is 64.6 cm³/mol. The molecule has 2 aliphatic rings. The van der Waals surface area contributed by atoms with Gasteiger partial charge in [0.25, 0.3) is 0 Å². The van der Waals surface area contributed by atoms with E-state index in [0.717, 1.165) is 25.7 Å². The van der Waals surface area contributed by atoms with Crippen molar-refractivity contribution in [1.82, 2.24) is 10.6 Å². The molecule has 0 unspecified atom stereocenters. The Balaban J connectivity index is 1.83. The van der Waals surface area contributed by atoms with E-state index in [1.807, 2.05) is 0 Å². The summed E-state index contributed by atoms with van der Waals surface area (Å²) in [7, 11) is 0. The van der Waals surface area contributed by atoms with Crippen LogP contribution in [-0.4, -0.2) is 40.3 Å². The number of urea groups is 1. The number of hydrogen-bond donors (Lipinski definition) is 4. The third-order valence-electron chi connectivity index (χ3n) is 3.54. The zero-order chi connectivity index (χ0) is 14.0. The highest BCUT2D eigenvalue weighted by atomic mass is 16.4. The van der Waals surface area contributed by atoms with Crippen molar-refractivity contribution in [3.63, 3.8) is 0 Å². The Hall–Kier alpha value is -1.79. The Kier molecular flexibility index (Phi) is 3.92. The van der Waals surface area contributed by atoms with Crippen LogP contribution >= 0.6 is 0 Å². The van der Waals surface area contributed by atoms with Gasteiger partial charge in [0.15, 0.2) is 0 Å². The number of carboxylic acids is 2. The van der Waals surface area contributed by atoms with Crippen molar-refractivity contribution in [2.24, 2.45) is 11.8 Å². The first-order valence-electron chi connectivity index (χ1n) is 6.49. The van der Waals surface area contributed by atoms with Gasteiger partial charge in [-0.25, -0.2) is 9.59 Å². The standard InChI is InChI=1S/C12H18N2O5/c15-9(16)5-8(11(17)18)13-12(19)14-10(6-1-2-6)7-3-4-7/h6-8,10H,1-5H2,(H,15,16)(H,17,18)(H2,13,14,19)/t8-/m1/s1. The van der Waals surface area contributed by atoms with E-state index >= 15 is 0 Å². The number of carbonyl (C=O) groups is 3. The average Bonchev–Trinajstić information content (AvgIpc) is 3.14. The SMILES string of the molecule is O=C(O)C[C@@H](NC(=O)NC(C1CC1)C1CC1)C(=O)O. The van der Waals surface area contributed by atoms with Gasteiger partial charge in [0.05, 0.1) is 6.42 Å². The van der Waals surface area contributed by atoms with E-state index in [2.05, 4.69) is 10.6 Å². The monoisotopic (exact) mass is 270 g/mol. The van der Waals surface area contributed by atoms with E-state index in [1.165, 1.54) is 0 Å². The summed E-state index contributed by atoms with van der Waals surface area (Å²) in [5.74, 6) is -1.59. The molecule has 0 aromatic heterocycles. The Morgan fingerprint density at radius 1 is 1.00 bits per heavy atom. The number of rotatable bonds is 7. The lowest BCUT2D eigenvalue weighted by atomic mass is 10.1. The summed E-state index contributed by atoms with van der Waals surface area (Å²) in [5, 5.41) is 22.4. The first-order valence-corrected chi connectivity index (χ1v) is 6.49. The molecule has 19 heavy (non-hydrogen) atoms. The van der Waals surface area contributed by atoms with Gasteiger partial charge >= 0.3 is 18.0 Å². The molecule has 106 valence electrons.